The van der Waals surface area contributed by atoms with Gasteiger partial charge in [-0.25, -0.2) is 8.42 Å². The molecule has 0 radical (unpaired) electrons. The summed E-state index contributed by atoms with van der Waals surface area (Å²) in [5.74, 6) is 0.0310. The fourth-order valence-electron chi connectivity index (χ4n) is 4.83. The largest absolute Gasteiger partial charge is 0.490 e. The predicted molar refractivity (Wildman–Crippen MR) is 147 cm³/mol. The van der Waals surface area contributed by atoms with Gasteiger partial charge in [0.05, 0.1) is 34.9 Å². The molecule has 39 heavy (non-hydrogen) atoms. The summed E-state index contributed by atoms with van der Waals surface area (Å²) in [6.07, 6.45) is 4.52. The van der Waals surface area contributed by atoms with Crippen molar-refractivity contribution >= 4 is 43.1 Å². The molecule has 11 heteroatoms. The van der Waals surface area contributed by atoms with Crippen molar-refractivity contribution in [1.82, 2.24) is 9.29 Å². The standard InChI is InChI=1S/C28H22BrN5O4S/c29-21-7-5-19(6-8-21)17-33-26-10-9-24(13-25(26)27(28(33)35)20(14-30)15-31)39(36,37)34-12-2-3-22(34)18-38-23-4-1-11-32-16-23/h1,4-11,13,16,22H,2-3,12,17-18H2/t22-/m0/s1. The maximum atomic E-state index is 13.8. The lowest BCUT2D eigenvalue weighted by Gasteiger charge is -2.24. The first-order valence-electron chi connectivity index (χ1n) is 12.1. The minimum atomic E-state index is -3.96. The van der Waals surface area contributed by atoms with E-state index in [9.17, 15) is 23.7 Å². The van der Waals surface area contributed by atoms with Crippen molar-refractivity contribution < 1.29 is 17.9 Å². The third-order valence-corrected chi connectivity index (χ3v) is 9.20. The van der Waals surface area contributed by atoms with Gasteiger partial charge in [0.15, 0.2) is 0 Å². The van der Waals surface area contributed by atoms with Crippen molar-refractivity contribution in [3.63, 3.8) is 0 Å². The van der Waals surface area contributed by atoms with Gasteiger partial charge in [-0.15, -0.1) is 0 Å². The Morgan fingerprint density at radius 3 is 2.59 bits per heavy atom. The van der Waals surface area contributed by atoms with E-state index < -0.39 is 15.9 Å². The number of carbonyl (C=O) groups is 1. The van der Waals surface area contributed by atoms with E-state index in [1.54, 1.807) is 42.7 Å². The minimum Gasteiger partial charge on any atom is -0.490 e. The van der Waals surface area contributed by atoms with Gasteiger partial charge in [-0.1, -0.05) is 28.1 Å². The highest BCUT2D eigenvalue weighted by Crippen LogP contribution is 2.41. The normalized spacial score (nSPS) is 17.0. The summed E-state index contributed by atoms with van der Waals surface area (Å²) >= 11 is 3.39. The Labute approximate surface area is 234 Å². The lowest BCUT2D eigenvalue weighted by atomic mass is 10.0. The van der Waals surface area contributed by atoms with Crippen LogP contribution >= 0.6 is 15.9 Å². The molecule has 0 saturated carbocycles. The van der Waals surface area contributed by atoms with Crippen LogP contribution in [0.1, 0.15) is 24.0 Å². The zero-order valence-electron chi connectivity index (χ0n) is 20.6. The van der Waals surface area contributed by atoms with Gasteiger partial charge in [0.2, 0.25) is 10.0 Å². The third-order valence-electron chi connectivity index (χ3n) is 6.72. The smallest absolute Gasteiger partial charge is 0.261 e. The van der Waals surface area contributed by atoms with Crippen molar-refractivity contribution in [2.45, 2.75) is 30.3 Å². The topological polar surface area (TPSA) is 127 Å². The van der Waals surface area contributed by atoms with Gasteiger partial charge < -0.3 is 9.64 Å². The van der Waals surface area contributed by atoms with Gasteiger partial charge >= 0.3 is 0 Å². The number of aromatic nitrogens is 1. The number of carbonyl (C=O) groups excluding carboxylic acids is 1. The zero-order valence-corrected chi connectivity index (χ0v) is 23.0. The third kappa shape index (κ3) is 5.17. The number of anilines is 1. The molecule has 0 aliphatic carbocycles. The highest BCUT2D eigenvalue weighted by molar-refractivity contribution is 9.10. The number of pyridine rings is 1. The first-order chi connectivity index (χ1) is 18.8. The number of halogens is 1. The number of amides is 1. The van der Waals surface area contributed by atoms with E-state index in [1.807, 2.05) is 24.3 Å². The number of rotatable bonds is 7. The van der Waals surface area contributed by atoms with Crippen LogP contribution < -0.4 is 9.64 Å². The summed E-state index contributed by atoms with van der Waals surface area (Å²) in [5.41, 5.74) is 1.07. The second kappa shape index (κ2) is 11.0. The fourth-order valence-corrected chi connectivity index (χ4v) is 6.80. The molecule has 1 fully saturated rings. The van der Waals surface area contributed by atoms with Gasteiger partial charge in [0, 0.05) is 22.8 Å². The monoisotopic (exact) mass is 603 g/mol. The first-order valence-corrected chi connectivity index (χ1v) is 14.4. The molecule has 0 N–H and O–H groups in total. The summed E-state index contributed by atoms with van der Waals surface area (Å²) in [7, 11) is -3.96. The second-order valence-corrected chi connectivity index (χ2v) is 11.9. The number of benzene rings is 2. The molecule has 3 aromatic rings. The first kappa shape index (κ1) is 26.6. The average Bonchev–Trinajstić information content (AvgIpc) is 3.53. The van der Waals surface area contributed by atoms with Crippen LogP contribution in [0.4, 0.5) is 5.69 Å². The van der Waals surface area contributed by atoms with Gasteiger partial charge in [-0.05, 0) is 60.9 Å². The fraction of sp³-hybridized carbons (Fsp3) is 0.214. The number of sulfonamides is 1. The zero-order chi connectivity index (χ0) is 27.6. The molecule has 9 nitrogen and oxygen atoms in total. The maximum Gasteiger partial charge on any atom is 0.261 e. The Bertz CT molecular complexity index is 1630. The van der Waals surface area contributed by atoms with Crippen LogP contribution in [0.5, 0.6) is 5.75 Å². The minimum absolute atomic E-state index is 0.0134. The van der Waals surface area contributed by atoms with Crippen molar-refractivity contribution in [3.8, 4) is 17.9 Å². The summed E-state index contributed by atoms with van der Waals surface area (Å²) in [6, 6.07) is 18.6. The number of ether oxygens (including phenoxy) is 1. The number of fused-ring (bicyclic) bond motifs is 1. The summed E-state index contributed by atoms with van der Waals surface area (Å²) in [4.78, 5) is 18.9. The van der Waals surface area contributed by atoms with Crippen LogP contribution in [0.25, 0.3) is 5.57 Å². The van der Waals surface area contributed by atoms with E-state index in [2.05, 4.69) is 20.9 Å². The van der Waals surface area contributed by atoms with Gasteiger partial charge in [-0.2, -0.15) is 14.8 Å². The molecule has 5 rings (SSSR count). The van der Waals surface area contributed by atoms with Crippen LogP contribution in [0.15, 0.2) is 81.9 Å². The molecule has 196 valence electrons. The van der Waals surface area contributed by atoms with Crippen LogP contribution in [0.2, 0.25) is 0 Å². The number of allylic oxidation sites excluding steroid dienone is 1. The molecule has 0 bridgehead atoms. The molecule has 1 atom stereocenters. The van der Waals surface area contributed by atoms with Crippen molar-refractivity contribution in [2.75, 3.05) is 18.1 Å². The Balaban J connectivity index is 1.49. The molecule has 0 unspecified atom stereocenters. The van der Waals surface area contributed by atoms with Gasteiger partial charge in [0.25, 0.3) is 5.91 Å². The second-order valence-electron chi connectivity index (χ2n) is 9.08. The van der Waals surface area contributed by atoms with Crippen molar-refractivity contribution in [2.24, 2.45) is 0 Å². The molecule has 2 aliphatic heterocycles. The van der Waals surface area contributed by atoms with Crippen LogP contribution in [0.3, 0.4) is 0 Å². The number of hydrogen-bond acceptors (Lipinski definition) is 7. The Morgan fingerprint density at radius 2 is 1.90 bits per heavy atom. The van der Waals surface area contributed by atoms with Gasteiger partial charge in [-0.3, -0.25) is 9.78 Å². The highest BCUT2D eigenvalue weighted by Gasteiger charge is 2.39. The van der Waals surface area contributed by atoms with E-state index in [-0.39, 0.29) is 40.8 Å². The molecule has 3 heterocycles. The summed E-state index contributed by atoms with van der Waals surface area (Å²) < 4.78 is 35.6. The SMILES string of the molecule is N#CC(C#N)=C1C(=O)N(Cc2ccc(Br)cc2)c2ccc(S(=O)(=O)N3CCC[C@H]3COc3cccnc3)cc21. The molecule has 1 saturated heterocycles. The van der Waals surface area contributed by atoms with E-state index in [0.29, 0.717) is 30.8 Å². The Hall–Kier alpha value is -4.03. The summed E-state index contributed by atoms with van der Waals surface area (Å²) in [5, 5.41) is 19.1. The molecule has 1 aromatic heterocycles. The van der Waals surface area contributed by atoms with Gasteiger partial charge in [0.1, 0.15) is 30.1 Å². The lowest BCUT2D eigenvalue weighted by Crippen LogP contribution is -2.39. The van der Waals surface area contributed by atoms with E-state index in [0.717, 1.165) is 10.0 Å². The molecule has 2 aromatic carbocycles. The van der Waals surface area contributed by atoms with Crippen molar-refractivity contribution in [1.29, 1.82) is 10.5 Å². The van der Waals surface area contributed by atoms with Crippen molar-refractivity contribution in [3.05, 3.63) is 88.2 Å². The Kier molecular flexibility index (Phi) is 7.49. The quantitative estimate of drug-likeness (QED) is 0.289. The number of nitriles is 2. The summed E-state index contributed by atoms with van der Waals surface area (Å²) in [6.45, 7) is 0.700. The average molecular weight is 604 g/mol. The van der Waals surface area contributed by atoms with E-state index in [1.165, 1.54) is 21.3 Å². The number of nitrogens with zero attached hydrogens (tertiary/aromatic N) is 5. The maximum absolute atomic E-state index is 13.8. The highest BCUT2D eigenvalue weighted by atomic mass is 79.9. The molecule has 2 aliphatic rings. The Morgan fingerprint density at radius 1 is 1.13 bits per heavy atom. The van der Waals surface area contributed by atoms with Crippen LogP contribution in [-0.2, 0) is 21.4 Å². The molecule has 1 amide bonds. The van der Waals surface area contributed by atoms with E-state index in [4.69, 9.17) is 4.74 Å². The number of hydrogen-bond donors (Lipinski definition) is 0. The molecule has 0 spiro atoms. The predicted octanol–water partition coefficient (Wildman–Crippen LogP) is 4.42. The molecular formula is C28H22BrN5O4S. The van der Waals surface area contributed by atoms with Crippen LogP contribution in [-0.4, -0.2) is 42.8 Å². The molecular weight excluding hydrogens is 582 g/mol. The van der Waals surface area contributed by atoms with E-state index >= 15 is 0 Å². The lowest BCUT2D eigenvalue weighted by molar-refractivity contribution is -0.113. The van der Waals surface area contributed by atoms with Crippen LogP contribution in [0, 0.1) is 22.7 Å².